The first kappa shape index (κ1) is 17.0. The Kier molecular flexibility index (Phi) is 4.71. The van der Waals surface area contributed by atoms with E-state index in [1.165, 1.54) is 5.56 Å². The number of carbonyl (C=O) groups excluding carboxylic acids is 1. The molecule has 1 aliphatic heterocycles. The lowest BCUT2D eigenvalue weighted by molar-refractivity contribution is 0.112. The fourth-order valence-electron chi connectivity index (χ4n) is 3.35. The van der Waals surface area contributed by atoms with Gasteiger partial charge in [0.1, 0.15) is 12.0 Å². The van der Waals surface area contributed by atoms with Crippen molar-refractivity contribution in [3.05, 3.63) is 95.6 Å². The highest BCUT2D eigenvalue weighted by Crippen LogP contribution is 2.36. The summed E-state index contributed by atoms with van der Waals surface area (Å²) in [4.78, 5) is 11.0. The van der Waals surface area contributed by atoms with E-state index in [1.54, 1.807) is 7.11 Å². The molecule has 134 valence electrons. The second-order valence-corrected chi connectivity index (χ2v) is 6.46. The lowest BCUT2D eigenvalue weighted by Crippen LogP contribution is -2.18. The van der Waals surface area contributed by atoms with E-state index in [1.807, 2.05) is 71.7 Å². The maximum atomic E-state index is 11.0. The van der Waals surface area contributed by atoms with E-state index in [4.69, 9.17) is 9.84 Å². The van der Waals surface area contributed by atoms with Gasteiger partial charge in [0.15, 0.2) is 0 Å². The topological polar surface area (TPSA) is 41.9 Å². The maximum absolute atomic E-state index is 11.0. The maximum Gasteiger partial charge on any atom is 0.150 e. The SMILES string of the molecule is COc1ccc(C2=NN(c3ccc(C=O)cc3)[C@H](c3ccccc3)C2)cc1. The van der Waals surface area contributed by atoms with Crippen molar-refractivity contribution in [2.75, 3.05) is 12.1 Å². The zero-order valence-electron chi connectivity index (χ0n) is 15.1. The van der Waals surface area contributed by atoms with Gasteiger partial charge in [0.2, 0.25) is 0 Å². The fourth-order valence-corrected chi connectivity index (χ4v) is 3.35. The van der Waals surface area contributed by atoms with Crippen molar-refractivity contribution >= 4 is 17.7 Å². The van der Waals surface area contributed by atoms with Gasteiger partial charge in [-0.15, -0.1) is 0 Å². The second kappa shape index (κ2) is 7.46. The summed E-state index contributed by atoms with van der Waals surface area (Å²) in [6.07, 6.45) is 1.67. The molecule has 0 unspecified atom stereocenters. The summed E-state index contributed by atoms with van der Waals surface area (Å²) in [5, 5.41) is 6.96. The van der Waals surface area contributed by atoms with Crippen LogP contribution in [0, 0.1) is 0 Å². The van der Waals surface area contributed by atoms with Gasteiger partial charge < -0.3 is 4.74 Å². The molecule has 0 spiro atoms. The number of methoxy groups -OCH3 is 1. The van der Waals surface area contributed by atoms with Crippen molar-refractivity contribution in [3.63, 3.8) is 0 Å². The van der Waals surface area contributed by atoms with E-state index in [0.29, 0.717) is 5.56 Å². The Morgan fingerprint density at radius 3 is 2.30 bits per heavy atom. The zero-order valence-corrected chi connectivity index (χ0v) is 15.1. The Labute approximate surface area is 158 Å². The number of anilines is 1. The van der Waals surface area contributed by atoms with Crippen LogP contribution in [0.15, 0.2) is 84.0 Å². The molecule has 4 rings (SSSR count). The van der Waals surface area contributed by atoms with Gasteiger partial charge in [-0.05, 0) is 59.7 Å². The second-order valence-electron chi connectivity index (χ2n) is 6.46. The Morgan fingerprint density at radius 1 is 0.963 bits per heavy atom. The van der Waals surface area contributed by atoms with Gasteiger partial charge in [-0.1, -0.05) is 30.3 Å². The average Bonchev–Trinajstić information content (AvgIpc) is 3.20. The van der Waals surface area contributed by atoms with Crippen LogP contribution in [0.5, 0.6) is 5.75 Å². The molecule has 3 aromatic rings. The quantitative estimate of drug-likeness (QED) is 0.613. The Hall–Kier alpha value is -3.40. The summed E-state index contributed by atoms with van der Waals surface area (Å²) >= 11 is 0. The minimum Gasteiger partial charge on any atom is -0.497 e. The molecule has 0 aromatic heterocycles. The standard InChI is InChI=1S/C23H20N2O2/c1-27-21-13-9-18(10-14-21)22-15-23(19-5-3-2-4-6-19)25(24-22)20-11-7-17(16-26)8-12-20/h2-14,16,23H,15H2,1H3/t23-/m0/s1. The van der Waals surface area contributed by atoms with Crippen molar-refractivity contribution < 1.29 is 9.53 Å². The molecule has 0 amide bonds. The summed E-state index contributed by atoms with van der Waals surface area (Å²) in [5.41, 5.74) is 4.96. The predicted molar refractivity (Wildman–Crippen MR) is 108 cm³/mol. The molecular weight excluding hydrogens is 336 g/mol. The highest BCUT2D eigenvalue weighted by Gasteiger charge is 2.29. The highest BCUT2D eigenvalue weighted by atomic mass is 16.5. The van der Waals surface area contributed by atoms with E-state index >= 15 is 0 Å². The minimum atomic E-state index is 0.116. The van der Waals surface area contributed by atoms with E-state index in [2.05, 4.69) is 12.1 Å². The summed E-state index contributed by atoms with van der Waals surface area (Å²) in [6, 6.07) is 26.0. The van der Waals surface area contributed by atoms with Gasteiger partial charge in [0.05, 0.1) is 24.6 Å². The number of hydrogen-bond acceptors (Lipinski definition) is 4. The fraction of sp³-hybridized carbons (Fsp3) is 0.130. The van der Waals surface area contributed by atoms with E-state index < -0.39 is 0 Å². The number of hydrogen-bond donors (Lipinski definition) is 0. The van der Waals surface area contributed by atoms with Gasteiger partial charge >= 0.3 is 0 Å². The smallest absolute Gasteiger partial charge is 0.150 e. The average molecular weight is 356 g/mol. The molecule has 0 N–H and O–H groups in total. The number of benzene rings is 3. The molecule has 0 bridgehead atoms. The Bertz CT molecular complexity index is 948. The van der Waals surface area contributed by atoms with Crippen LogP contribution in [0.4, 0.5) is 5.69 Å². The molecule has 0 radical (unpaired) electrons. The molecular formula is C23H20N2O2. The third-order valence-corrected chi connectivity index (χ3v) is 4.81. The van der Waals surface area contributed by atoms with Crippen molar-refractivity contribution in [3.8, 4) is 5.75 Å². The number of nitrogens with zero attached hydrogens (tertiary/aromatic N) is 2. The molecule has 4 heteroatoms. The number of rotatable bonds is 5. The first-order valence-corrected chi connectivity index (χ1v) is 8.90. The number of ether oxygens (including phenoxy) is 1. The van der Waals surface area contributed by atoms with Crippen molar-refractivity contribution in [1.82, 2.24) is 0 Å². The van der Waals surface area contributed by atoms with Crippen LogP contribution < -0.4 is 9.75 Å². The van der Waals surface area contributed by atoms with Crippen LogP contribution in [-0.2, 0) is 0 Å². The van der Waals surface area contributed by atoms with Crippen LogP contribution in [0.25, 0.3) is 0 Å². The van der Waals surface area contributed by atoms with Crippen LogP contribution in [0.2, 0.25) is 0 Å². The molecule has 3 aromatic carbocycles. The van der Waals surface area contributed by atoms with Gasteiger partial charge in [-0.2, -0.15) is 5.10 Å². The van der Waals surface area contributed by atoms with Crippen LogP contribution in [-0.4, -0.2) is 19.1 Å². The van der Waals surface area contributed by atoms with Crippen molar-refractivity contribution in [2.45, 2.75) is 12.5 Å². The Balaban J connectivity index is 1.71. The van der Waals surface area contributed by atoms with Crippen molar-refractivity contribution in [2.24, 2.45) is 5.10 Å². The summed E-state index contributed by atoms with van der Waals surface area (Å²) < 4.78 is 5.26. The molecule has 4 nitrogen and oxygen atoms in total. The first-order chi connectivity index (χ1) is 13.3. The summed E-state index contributed by atoms with van der Waals surface area (Å²) in [7, 11) is 1.66. The highest BCUT2D eigenvalue weighted by molar-refractivity contribution is 6.03. The largest absolute Gasteiger partial charge is 0.497 e. The molecule has 0 saturated heterocycles. The van der Waals surface area contributed by atoms with Gasteiger partial charge in [0, 0.05) is 12.0 Å². The van der Waals surface area contributed by atoms with E-state index in [-0.39, 0.29) is 6.04 Å². The molecule has 0 fully saturated rings. The van der Waals surface area contributed by atoms with Crippen molar-refractivity contribution in [1.29, 1.82) is 0 Å². The predicted octanol–water partition coefficient (Wildman–Crippen LogP) is 4.86. The third-order valence-electron chi connectivity index (χ3n) is 4.81. The molecule has 27 heavy (non-hydrogen) atoms. The van der Waals surface area contributed by atoms with E-state index in [0.717, 1.165) is 35.4 Å². The van der Waals surface area contributed by atoms with Gasteiger partial charge in [-0.25, -0.2) is 0 Å². The normalized spacial score (nSPS) is 16.1. The molecule has 0 aliphatic carbocycles. The molecule has 1 heterocycles. The van der Waals surface area contributed by atoms with Gasteiger partial charge in [0.25, 0.3) is 0 Å². The lowest BCUT2D eigenvalue weighted by Gasteiger charge is -2.24. The minimum absolute atomic E-state index is 0.116. The summed E-state index contributed by atoms with van der Waals surface area (Å²) in [5.74, 6) is 0.832. The van der Waals surface area contributed by atoms with E-state index in [9.17, 15) is 4.79 Å². The molecule has 1 aliphatic rings. The van der Waals surface area contributed by atoms with Gasteiger partial charge in [-0.3, -0.25) is 9.80 Å². The number of hydrazone groups is 1. The summed E-state index contributed by atoms with van der Waals surface area (Å²) in [6.45, 7) is 0. The monoisotopic (exact) mass is 356 g/mol. The van der Waals surface area contributed by atoms with Crippen LogP contribution >= 0.6 is 0 Å². The Morgan fingerprint density at radius 2 is 1.67 bits per heavy atom. The third kappa shape index (κ3) is 3.47. The van der Waals surface area contributed by atoms with Crippen LogP contribution in [0.3, 0.4) is 0 Å². The molecule has 1 atom stereocenters. The number of aldehydes is 1. The lowest BCUT2D eigenvalue weighted by atomic mass is 9.98. The zero-order chi connectivity index (χ0) is 18.6. The molecule has 0 saturated carbocycles. The first-order valence-electron chi connectivity index (χ1n) is 8.90. The number of carbonyl (C=O) groups is 1. The van der Waals surface area contributed by atoms with Crippen LogP contribution in [0.1, 0.15) is 33.9 Å².